The molecule has 0 radical (unpaired) electrons. The van der Waals surface area contributed by atoms with Crippen LogP contribution in [0.3, 0.4) is 0 Å². The Morgan fingerprint density at radius 2 is 1.83 bits per heavy atom. The van der Waals surface area contributed by atoms with Gasteiger partial charge >= 0.3 is 0 Å². The minimum atomic E-state index is -0.561. The number of nitrogens with one attached hydrogen (secondary N) is 1. The lowest BCUT2D eigenvalue weighted by molar-refractivity contribution is 0.0995. The summed E-state index contributed by atoms with van der Waals surface area (Å²) in [4.78, 5) is 11.5. The Labute approximate surface area is 142 Å². The Balaban J connectivity index is 0.00000192. The van der Waals surface area contributed by atoms with Crippen LogP contribution in [-0.2, 0) is 19.4 Å². The number of aliphatic hydroxyl groups is 1. The Hall–Kier alpha value is -1.88. The zero-order valence-electron chi connectivity index (χ0n) is 12.7. The molecule has 23 heavy (non-hydrogen) atoms. The molecular formula is C18H21ClN2O2. The lowest BCUT2D eigenvalue weighted by atomic mass is 9.89. The maximum Gasteiger partial charge on any atom is 0.248 e. The topological polar surface area (TPSA) is 75.4 Å². The molecule has 0 saturated heterocycles. The lowest BCUT2D eigenvalue weighted by Crippen LogP contribution is -2.45. The quantitative estimate of drug-likeness (QED) is 0.799. The molecular weight excluding hydrogens is 312 g/mol. The van der Waals surface area contributed by atoms with Crippen molar-refractivity contribution < 1.29 is 9.90 Å². The van der Waals surface area contributed by atoms with Crippen molar-refractivity contribution in [3.8, 4) is 0 Å². The van der Waals surface area contributed by atoms with Crippen LogP contribution in [-0.4, -0.2) is 23.2 Å². The van der Waals surface area contributed by atoms with E-state index in [0.717, 1.165) is 18.5 Å². The van der Waals surface area contributed by atoms with Crippen molar-refractivity contribution in [3.05, 3.63) is 70.8 Å². The van der Waals surface area contributed by atoms with E-state index in [1.54, 1.807) is 12.1 Å². The van der Waals surface area contributed by atoms with Crippen molar-refractivity contribution in [1.29, 1.82) is 0 Å². The summed E-state index contributed by atoms with van der Waals surface area (Å²) in [5.41, 5.74) is 9.23. The maximum atomic E-state index is 11.5. The lowest BCUT2D eigenvalue weighted by Gasteiger charge is -2.30. The highest BCUT2D eigenvalue weighted by molar-refractivity contribution is 5.94. The Kier molecular flexibility index (Phi) is 5.77. The van der Waals surface area contributed by atoms with Crippen LogP contribution in [0.5, 0.6) is 0 Å². The molecule has 5 heteroatoms. The van der Waals surface area contributed by atoms with Crippen molar-refractivity contribution in [1.82, 2.24) is 5.32 Å². The molecule has 0 spiro atoms. The first kappa shape index (κ1) is 17.5. The molecule has 4 N–H and O–H groups in total. The van der Waals surface area contributed by atoms with Crippen LogP contribution in [0, 0.1) is 0 Å². The number of aliphatic hydroxyl groups excluding tert-OH is 1. The van der Waals surface area contributed by atoms with Gasteiger partial charge in [-0.3, -0.25) is 4.79 Å². The summed E-state index contributed by atoms with van der Waals surface area (Å²) in [5.74, 6) is -0.454. The first-order chi connectivity index (χ1) is 10.6. The van der Waals surface area contributed by atoms with Crippen LogP contribution in [0.15, 0.2) is 48.5 Å². The van der Waals surface area contributed by atoms with Crippen molar-refractivity contribution in [2.24, 2.45) is 5.73 Å². The molecule has 0 unspecified atom stereocenters. The van der Waals surface area contributed by atoms with Crippen molar-refractivity contribution in [2.45, 2.75) is 31.5 Å². The van der Waals surface area contributed by atoms with Crippen molar-refractivity contribution >= 4 is 18.3 Å². The largest absolute Gasteiger partial charge is 0.391 e. The predicted molar refractivity (Wildman–Crippen MR) is 92.7 cm³/mol. The second-order valence-electron chi connectivity index (χ2n) is 5.75. The van der Waals surface area contributed by atoms with E-state index in [9.17, 15) is 9.90 Å². The third kappa shape index (κ3) is 3.91. The van der Waals surface area contributed by atoms with Gasteiger partial charge in [-0.25, -0.2) is 0 Å². The summed E-state index contributed by atoms with van der Waals surface area (Å²) in [5, 5.41) is 13.9. The van der Waals surface area contributed by atoms with E-state index < -0.39 is 12.0 Å². The summed E-state index contributed by atoms with van der Waals surface area (Å²) in [6.45, 7) is 0.759. The average molecular weight is 333 g/mol. The Morgan fingerprint density at radius 1 is 1.17 bits per heavy atom. The molecule has 3 rings (SSSR count). The smallest absolute Gasteiger partial charge is 0.248 e. The molecule has 0 fully saturated rings. The van der Waals surface area contributed by atoms with E-state index in [-0.39, 0.29) is 18.4 Å². The van der Waals surface area contributed by atoms with Crippen LogP contribution in [0.25, 0.3) is 0 Å². The zero-order valence-corrected chi connectivity index (χ0v) is 13.6. The van der Waals surface area contributed by atoms with Crippen LogP contribution in [0.2, 0.25) is 0 Å². The van der Waals surface area contributed by atoms with Gasteiger partial charge in [-0.2, -0.15) is 0 Å². The van der Waals surface area contributed by atoms with Crippen LogP contribution in [0.1, 0.15) is 27.0 Å². The van der Waals surface area contributed by atoms with Gasteiger partial charge in [0.1, 0.15) is 0 Å². The van der Waals surface area contributed by atoms with E-state index in [2.05, 4.69) is 17.4 Å². The van der Waals surface area contributed by atoms with E-state index in [1.165, 1.54) is 11.1 Å². The molecule has 1 heterocycles. The minimum Gasteiger partial charge on any atom is -0.391 e. The summed E-state index contributed by atoms with van der Waals surface area (Å²) in [7, 11) is 0. The molecule has 0 aromatic heterocycles. The second kappa shape index (κ2) is 7.59. The number of rotatable bonds is 4. The molecule has 122 valence electrons. The van der Waals surface area contributed by atoms with Gasteiger partial charge < -0.3 is 16.2 Å². The SMILES string of the molecule is Cl.NC(=O)c1ccccc1C[C@H](O)[C@H]1Cc2ccccc2CN1. The number of hydrogen-bond donors (Lipinski definition) is 3. The van der Waals surface area contributed by atoms with Gasteiger partial charge in [0, 0.05) is 24.6 Å². The summed E-state index contributed by atoms with van der Waals surface area (Å²) in [6, 6.07) is 15.4. The highest BCUT2D eigenvalue weighted by Crippen LogP contribution is 2.20. The van der Waals surface area contributed by atoms with Gasteiger partial charge in [-0.15, -0.1) is 12.4 Å². The van der Waals surface area contributed by atoms with Gasteiger partial charge in [0.15, 0.2) is 0 Å². The highest BCUT2D eigenvalue weighted by Gasteiger charge is 2.25. The Bertz CT molecular complexity index is 690. The molecule has 4 nitrogen and oxygen atoms in total. The number of benzene rings is 2. The van der Waals surface area contributed by atoms with E-state index in [4.69, 9.17) is 5.73 Å². The fourth-order valence-corrected chi connectivity index (χ4v) is 3.06. The van der Waals surface area contributed by atoms with Gasteiger partial charge in [0.25, 0.3) is 0 Å². The number of primary amides is 1. The molecule has 0 aliphatic carbocycles. The Morgan fingerprint density at radius 3 is 2.57 bits per heavy atom. The zero-order chi connectivity index (χ0) is 15.5. The van der Waals surface area contributed by atoms with E-state index in [0.29, 0.717) is 12.0 Å². The summed E-state index contributed by atoms with van der Waals surface area (Å²) < 4.78 is 0. The number of hydrogen-bond acceptors (Lipinski definition) is 3. The molecule has 1 amide bonds. The van der Waals surface area contributed by atoms with Crippen LogP contribution < -0.4 is 11.1 Å². The van der Waals surface area contributed by atoms with Crippen LogP contribution >= 0.6 is 12.4 Å². The number of fused-ring (bicyclic) bond motifs is 1. The highest BCUT2D eigenvalue weighted by atomic mass is 35.5. The number of carbonyl (C=O) groups excluding carboxylic acids is 1. The average Bonchev–Trinajstić information content (AvgIpc) is 2.54. The standard InChI is InChI=1S/C18H20N2O2.ClH/c19-18(22)15-8-4-3-6-13(15)10-17(21)16-9-12-5-1-2-7-14(12)11-20-16;/h1-8,16-17,20-21H,9-11H2,(H2,19,22);1H/t16-,17+;/m1./s1. The van der Waals surface area contributed by atoms with Gasteiger partial charge in [-0.1, -0.05) is 42.5 Å². The first-order valence-corrected chi connectivity index (χ1v) is 7.51. The minimum absolute atomic E-state index is 0. The van der Waals surface area contributed by atoms with Gasteiger partial charge in [0.05, 0.1) is 6.10 Å². The van der Waals surface area contributed by atoms with Crippen LogP contribution in [0.4, 0.5) is 0 Å². The molecule has 2 aromatic rings. The first-order valence-electron chi connectivity index (χ1n) is 7.51. The monoisotopic (exact) mass is 332 g/mol. The predicted octanol–water partition coefficient (Wildman–Crippen LogP) is 1.83. The van der Waals surface area contributed by atoms with Gasteiger partial charge in [-0.05, 0) is 29.2 Å². The molecule has 2 aromatic carbocycles. The molecule has 1 aliphatic rings. The van der Waals surface area contributed by atoms with Crippen molar-refractivity contribution in [3.63, 3.8) is 0 Å². The van der Waals surface area contributed by atoms with E-state index >= 15 is 0 Å². The third-order valence-electron chi connectivity index (χ3n) is 4.29. The number of nitrogens with two attached hydrogens (primary N) is 1. The van der Waals surface area contributed by atoms with E-state index in [1.807, 2.05) is 24.3 Å². The fourth-order valence-electron chi connectivity index (χ4n) is 3.06. The fraction of sp³-hybridized carbons (Fsp3) is 0.278. The second-order valence-corrected chi connectivity index (χ2v) is 5.75. The molecule has 0 saturated carbocycles. The summed E-state index contributed by atoms with van der Waals surface area (Å²) >= 11 is 0. The molecule has 2 atom stereocenters. The van der Waals surface area contributed by atoms with Crippen molar-refractivity contribution in [2.75, 3.05) is 0 Å². The third-order valence-corrected chi connectivity index (χ3v) is 4.29. The molecule has 0 bridgehead atoms. The number of halogens is 1. The van der Waals surface area contributed by atoms with Gasteiger partial charge in [0.2, 0.25) is 5.91 Å². The maximum absolute atomic E-state index is 11.5. The normalized spacial score (nSPS) is 17.7. The summed E-state index contributed by atoms with van der Waals surface area (Å²) in [6.07, 6.45) is 0.642. The number of amides is 1. The molecule has 1 aliphatic heterocycles. The number of carbonyl (C=O) groups is 1.